The highest BCUT2D eigenvalue weighted by Crippen LogP contribution is 2.47. The lowest BCUT2D eigenvalue weighted by atomic mass is 9.83. The normalized spacial score (nSPS) is 21.9. The van der Waals surface area contributed by atoms with Crippen LogP contribution in [-0.4, -0.2) is 40.0 Å². The SMILES string of the molecule is C[C@H]1CCCC(=O)CCC/C=C/c2cc3c(c(O)c2C(=O)O1)[C@H](c1ccc(C(=O)O)cc1)CC(=O)O3. The Morgan fingerprint density at radius 3 is 2.50 bits per heavy atom. The summed E-state index contributed by atoms with van der Waals surface area (Å²) in [5, 5.41) is 20.6. The van der Waals surface area contributed by atoms with Gasteiger partial charge in [-0.25, -0.2) is 9.59 Å². The molecular formula is C28H28O8. The number of allylic oxidation sites excluding steroid dienone is 1. The van der Waals surface area contributed by atoms with Gasteiger partial charge < -0.3 is 19.7 Å². The van der Waals surface area contributed by atoms with E-state index in [0.29, 0.717) is 49.7 Å². The number of fused-ring (bicyclic) bond motifs is 2. The summed E-state index contributed by atoms with van der Waals surface area (Å²) < 4.78 is 11.1. The molecule has 2 aliphatic heterocycles. The maximum Gasteiger partial charge on any atom is 0.342 e. The van der Waals surface area contributed by atoms with Gasteiger partial charge in [-0.15, -0.1) is 0 Å². The van der Waals surface area contributed by atoms with E-state index < -0.39 is 29.9 Å². The van der Waals surface area contributed by atoms with E-state index in [4.69, 9.17) is 9.47 Å². The number of carboxylic acid groups (broad SMARTS) is 1. The summed E-state index contributed by atoms with van der Waals surface area (Å²) in [6.07, 6.45) is 6.25. The first kappa shape index (κ1) is 25.2. The second-order valence-corrected chi connectivity index (χ2v) is 9.20. The smallest absolute Gasteiger partial charge is 0.342 e. The van der Waals surface area contributed by atoms with E-state index in [1.54, 1.807) is 31.2 Å². The van der Waals surface area contributed by atoms with Gasteiger partial charge >= 0.3 is 17.9 Å². The Kier molecular flexibility index (Phi) is 7.52. The van der Waals surface area contributed by atoms with Crippen molar-refractivity contribution in [1.82, 2.24) is 0 Å². The number of rotatable bonds is 2. The zero-order valence-corrected chi connectivity index (χ0v) is 20.0. The van der Waals surface area contributed by atoms with Gasteiger partial charge in [0.15, 0.2) is 0 Å². The molecule has 2 N–H and O–H groups in total. The van der Waals surface area contributed by atoms with Crippen molar-refractivity contribution < 1.29 is 38.9 Å². The van der Waals surface area contributed by atoms with Gasteiger partial charge in [0.05, 0.1) is 18.1 Å². The Balaban J connectivity index is 1.80. The van der Waals surface area contributed by atoms with Crippen LogP contribution in [0.15, 0.2) is 36.4 Å². The van der Waals surface area contributed by atoms with Crippen molar-refractivity contribution in [3.63, 3.8) is 0 Å². The molecule has 0 amide bonds. The van der Waals surface area contributed by atoms with Gasteiger partial charge in [0, 0.05) is 24.3 Å². The Labute approximate surface area is 208 Å². The Hall–Kier alpha value is -3.94. The number of benzene rings is 2. The first-order valence-electron chi connectivity index (χ1n) is 12.1. The first-order chi connectivity index (χ1) is 17.2. The molecule has 0 saturated heterocycles. The topological polar surface area (TPSA) is 127 Å². The number of carboxylic acids is 1. The second-order valence-electron chi connectivity index (χ2n) is 9.20. The third-order valence-corrected chi connectivity index (χ3v) is 6.54. The van der Waals surface area contributed by atoms with E-state index >= 15 is 0 Å². The van der Waals surface area contributed by atoms with Crippen molar-refractivity contribution in [3.8, 4) is 11.5 Å². The first-order valence-corrected chi connectivity index (χ1v) is 12.1. The van der Waals surface area contributed by atoms with Gasteiger partial charge in [0.1, 0.15) is 22.8 Å². The maximum absolute atomic E-state index is 13.2. The van der Waals surface area contributed by atoms with Crippen molar-refractivity contribution in [1.29, 1.82) is 0 Å². The third-order valence-electron chi connectivity index (χ3n) is 6.54. The summed E-state index contributed by atoms with van der Waals surface area (Å²) in [7, 11) is 0. The molecule has 36 heavy (non-hydrogen) atoms. The van der Waals surface area contributed by atoms with Crippen LogP contribution in [-0.2, 0) is 14.3 Å². The second kappa shape index (κ2) is 10.8. The summed E-state index contributed by atoms with van der Waals surface area (Å²) in [6, 6.07) is 7.57. The van der Waals surface area contributed by atoms with Crippen molar-refractivity contribution in [2.45, 2.75) is 63.9 Å². The molecule has 4 rings (SSSR count). The lowest BCUT2D eigenvalue weighted by Gasteiger charge is -2.27. The molecule has 2 aromatic carbocycles. The maximum atomic E-state index is 13.2. The number of hydrogen-bond donors (Lipinski definition) is 2. The molecule has 0 aromatic heterocycles. The molecule has 8 heteroatoms. The number of esters is 2. The fraction of sp³-hybridized carbons (Fsp3) is 0.357. The van der Waals surface area contributed by atoms with Gasteiger partial charge in [-0.2, -0.15) is 0 Å². The fourth-order valence-corrected chi connectivity index (χ4v) is 4.66. The molecule has 0 spiro atoms. The van der Waals surface area contributed by atoms with Crippen LogP contribution in [0.4, 0.5) is 0 Å². The minimum Gasteiger partial charge on any atom is -0.507 e. The number of Topliss-reactive ketones (excluding diaryl/α,β-unsaturated/α-hetero) is 1. The summed E-state index contributed by atoms with van der Waals surface area (Å²) in [5.74, 6) is -2.94. The number of hydrogen-bond acceptors (Lipinski definition) is 7. The molecule has 8 nitrogen and oxygen atoms in total. The van der Waals surface area contributed by atoms with Crippen LogP contribution in [0.3, 0.4) is 0 Å². The highest BCUT2D eigenvalue weighted by molar-refractivity contribution is 5.98. The van der Waals surface area contributed by atoms with Crippen molar-refractivity contribution in [3.05, 3.63) is 64.2 Å². The van der Waals surface area contributed by atoms with Gasteiger partial charge in [-0.05, 0) is 61.9 Å². The molecule has 0 bridgehead atoms. The standard InChI is InChI=1S/C28H28O8/c1-16-6-5-9-20(29)8-4-2-3-7-19-14-22-25(26(31)24(19)28(34)35-16)21(15-23(30)36-22)17-10-12-18(13-11-17)27(32)33/h3,7,10-14,16,21,31H,2,4-6,8-9,15H2,1H3,(H,32,33)/b7-3+/t16-,21-/m0/s1. The molecule has 0 radical (unpaired) electrons. The van der Waals surface area contributed by atoms with E-state index in [0.717, 1.165) is 0 Å². The Morgan fingerprint density at radius 2 is 1.78 bits per heavy atom. The van der Waals surface area contributed by atoms with Crippen molar-refractivity contribution in [2.24, 2.45) is 0 Å². The molecule has 2 heterocycles. The van der Waals surface area contributed by atoms with E-state index in [1.165, 1.54) is 12.1 Å². The van der Waals surface area contributed by atoms with Gasteiger partial charge in [0.2, 0.25) is 0 Å². The van der Waals surface area contributed by atoms with Crippen molar-refractivity contribution in [2.75, 3.05) is 0 Å². The van der Waals surface area contributed by atoms with E-state index in [9.17, 15) is 29.4 Å². The minimum atomic E-state index is -1.08. The predicted molar refractivity (Wildman–Crippen MR) is 130 cm³/mol. The highest BCUT2D eigenvalue weighted by Gasteiger charge is 2.35. The van der Waals surface area contributed by atoms with Crippen LogP contribution in [0, 0.1) is 0 Å². The zero-order chi connectivity index (χ0) is 25.8. The van der Waals surface area contributed by atoms with Gasteiger partial charge in [-0.1, -0.05) is 24.3 Å². The molecule has 2 aromatic rings. The quantitative estimate of drug-likeness (QED) is 0.442. The zero-order valence-electron chi connectivity index (χ0n) is 20.0. The lowest BCUT2D eigenvalue weighted by molar-refractivity contribution is -0.135. The Morgan fingerprint density at radius 1 is 1.06 bits per heavy atom. The summed E-state index contributed by atoms with van der Waals surface area (Å²) in [5.41, 5.74) is 1.31. The number of carbonyl (C=O) groups excluding carboxylic acids is 3. The lowest BCUT2D eigenvalue weighted by Crippen LogP contribution is -2.23. The molecule has 0 saturated carbocycles. The van der Waals surface area contributed by atoms with Crippen LogP contribution in [0.25, 0.3) is 6.08 Å². The predicted octanol–water partition coefficient (Wildman–Crippen LogP) is 5.01. The number of ketones is 1. The number of aromatic carboxylic acids is 1. The average molecular weight is 493 g/mol. The van der Waals surface area contributed by atoms with Gasteiger partial charge in [0.25, 0.3) is 0 Å². The molecule has 2 atom stereocenters. The van der Waals surface area contributed by atoms with E-state index in [2.05, 4.69) is 0 Å². The van der Waals surface area contributed by atoms with Crippen molar-refractivity contribution >= 4 is 29.8 Å². The summed E-state index contributed by atoms with van der Waals surface area (Å²) in [6.45, 7) is 1.74. The number of phenolic OH excluding ortho intramolecular Hbond substituents is 1. The minimum absolute atomic E-state index is 0.0184. The summed E-state index contributed by atoms with van der Waals surface area (Å²) >= 11 is 0. The number of carbonyl (C=O) groups is 4. The van der Waals surface area contributed by atoms with Crippen LogP contribution in [0.2, 0.25) is 0 Å². The third kappa shape index (κ3) is 5.48. The Bertz CT molecular complexity index is 1230. The van der Waals surface area contributed by atoms with Gasteiger partial charge in [-0.3, -0.25) is 9.59 Å². The molecule has 0 fully saturated rings. The summed E-state index contributed by atoms with van der Waals surface area (Å²) in [4.78, 5) is 48.9. The molecule has 188 valence electrons. The number of cyclic esters (lactones) is 1. The molecule has 2 aliphatic rings. The van der Waals surface area contributed by atoms with Crippen LogP contribution in [0.5, 0.6) is 11.5 Å². The van der Waals surface area contributed by atoms with Crippen LogP contribution in [0.1, 0.15) is 95.2 Å². The van der Waals surface area contributed by atoms with Crippen LogP contribution >= 0.6 is 0 Å². The highest BCUT2D eigenvalue weighted by atomic mass is 16.5. The van der Waals surface area contributed by atoms with E-state index in [1.807, 2.05) is 6.08 Å². The largest absolute Gasteiger partial charge is 0.507 e. The number of ether oxygens (including phenoxy) is 2. The number of aromatic hydroxyl groups is 1. The molecular weight excluding hydrogens is 464 g/mol. The fourth-order valence-electron chi connectivity index (χ4n) is 4.66. The molecule has 0 unspecified atom stereocenters. The van der Waals surface area contributed by atoms with Crippen LogP contribution < -0.4 is 4.74 Å². The number of phenols is 1. The monoisotopic (exact) mass is 492 g/mol. The average Bonchev–Trinajstić information content (AvgIpc) is 2.82. The van der Waals surface area contributed by atoms with E-state index in [-0.39, 0.29) is 40.4 Å². The molecule has 0 aliphatic carbocycles.